The van der Waals surface area contributed by atoms with E-state index in [9.17, 15) is 4.79 Å². The molecule has 0 aliphatic rings. The molecule has 0 radical (unpaired) electrons. The van der Waals surface area contributed by atoms with Crippen molar-refractivity contribution >= 4 is 28.4 Å². The van der Waals surface area contributed by atoms with Crippen molar-refractivity contribution in [1.82, 2.24) is 15.5 Å². The molecule has 0 aliphatic heterocycles. The summed E-state index contributed by atoms with van der Waals surface area (Å²) in [4.78, 5) is 15.5. The fourth-order valence-corrected chi connectivity index (χ4v) is 3.17. The van der Waals surface area contributed by atoms with Crippen LogP contribution < -0.4 is 5.32 Å². The van der Waals surface area contributed by atoms with Crippen molar-refractivity contribution in [2.24, 2.45) is 0 Å². The summed E-state index contributed by atoms with van der Waals surface area (Å²) in [7, 11) is 0. The van der Waals surface area contributed by atoms with Crippen LogP contribution in [0.1, 0.15) is 21.6 Å². The molecule has 0 aliphatic carbocycles. The molecule has 5 nitrogen and oxygen atoms in total. The Hall–Kier alpha value is -3.05. The van der Waals surface area contributed by atoms with Crippen LogP contribution in [-0.2, 0) is 6.42 Å². The molecule has 4 rings (SSSR count). The van der Waals surface area contributed by atoms with Crippen LogP contribution in [0.25, 0.3) is 22.2 Å². The van der Waals surface area contributed by atoms with E-state index in [0.29, 0.717) is 23.7 Å². The summed E-state index contributed by atoms with van der Waals surface area (Å²) in [5.41, 5.74) is 4.46. The number of hydrogen-bond donors (Lipinski definition) is 2. The van der Waals surface area contributed by atoms with Gasteiger partial charge in [0.2, 0.25) is 0 Å². The molecule has 6 heteroatoms. The van der Waals surface area contributed by atoms with E-state index in [2.05, 4.69) is 15.5 Å². The second kappa shape index (κ2) is 7.29. The van der Waals surface area contributed by atoms with Crippen molar-refractivity contribution in [3.05, 3.63) is 76.6 Å². The third kappa shape index (κ3) is 3.73. The Morgan fingerprint density at radius 2 is 2.00 bits per heavy atom. The molecule has 0 saturated carbocycles. The summed E-state index contributed by atoms with van der Waals surface area (Å²) in [5.74, 6) is 0.321. The zero-order valence-corrected chi connectivity index (χ0v) is 15.5. The monoisotopic (exact) mass is 379 g/mol. The number of rotatable bonds is 5. The van der Waals surface area contributed by atoms with E-state index in [1.165, 1.54) is 0 Å². The molecule has 0 bridgehead atoms. The SMILES string of the molecule is Cc1ccc(-c2cc(C(=O)NCCc3c[nH]c4ccc(Cl)cc34)no2)cc1. The van der Waals surface area contributed by atoms with Gasteiger partial charge in [0.15, 0.2) is 11.5 Å². The molecule has 0 spiro atoms. The number of aromatic amines is 1. The summed E-state index contributed by atoms with van der Waals surface area (Å²) in [6, 6.07) is 15.3. The summed E-state index contributed by atoms with van der Waals surface area (Å²) in [5, 5.41) is 8.53. The number of benzene rings is 2. The van der Waals surface area contributed by atoms with Gasteiger partial charge in [0.1, 0.15) is 0 Å². The van der Waals surface area contributed by atoms with E-state index >= 15 is 0 Å². The van der Waals surface area contributed by atoms with E-state index in [1.54, 1.807) is 6.07 Å². The summed E-state index contributed by atoms with van der Waals surface area (Å²) in [6.07, 6.45) is 2.63. The Balaban J connectivity index is 1.39. The first-order valence-corrected chi connectivity index (χ1v) is 9.05. The predicted molar refractivity (Wildman–Crippen MR) is 106 cm³/mol. The van der Waals surface area contributed by atoms with Gasteiger partial charge in [-0.2, -0.15) is 0 Å². The van der Waals surface area contributed by atoms with Gasteiger partial charge in [-0.3, -0.25) is 4.79 Å². The van der Waals surface area contributed by atoms with Gasteiger partial charge in [0.05, 0.1) is 0 Å². The number of carbonyl (C=O) groups excluding carboxylic acids is 1. The lowest BCUT2D eigenvalue weighted by Gasteiger charge is -2.02. The van der Waals surface area contributed by atoms with E-state index in [0.717, 1.165) is 27.6 Å². The van der Waals surface area contributed by atoms with Gasteiger partial charge in [-0.05, 0) is 37.1 Å². The minimum Gasteiger partial charge on any atom is -0.361 e. The zero-order chi connectivity index (χ0) is 18.8. The maximum Gasteiger partial charge on any atom is 0.273 e. The van der Waals surface area contributed by atoms with Gasteiger partial charge in [-0.15, -0.1) is 0 Å². The molecule has 2 aromatic heterocycles. The molecule has 0 atom stereocenters. The van der Waals surface area contributed by atoms with Crippen molar-refractivity contribution in [3.63, 3.8) is 0 Å². The molecular formula is C21H18ClN3O2. The highest BCUT2D eigenvalue weighted by molar-refractivity contribution is 6.31. The van der Waals surface area contributed by atoms with Crippen LogP contribution >= 0.6 is 11.6 Å². The van der Waals surface area contributed by atoms with E-state index in [1.807, 2.05) is 55.6 Å². The molecule has 2 aromatic carbocycles. The summed E-state index contributed by atoms with van der Waals surface area (Å²) < 4.78 is 5.30. The number of aryl methyl sites for hydroxylation is 1. The molecule has 0 saturated heterocycles. The van der Waals surface area contributed by atoms with E-state index in [-0.39, 0.29) is 11.6 Å². The minimum absolute atomic E-state index is 0.255. The first-order chi connectivity index (χ1) is 13.1. The Morgan fingerprint density at radius 1 is 1.19 bits per heavy atom. The summed E-state index contributed by atoms with van der Waals surface area (Å²) >= 11 is 6.07. The lowest BCUT2D eigenvalue weighted by atomic mass is 10.1. The molecule has 1 amide bonds. The van der Waals surface area contributed by atoms with Crippen LogP contribution in [0.5, 0.6) is 0 Å². The highest BCUT2D eigenvalue weighted by atomic mass is 35.5. The number of aromatic nitrogens is 2. The maximum absolute atomic E-state index is 12.3. The number of nitrogens with zero attached hydrogens (tertiary/aromatic N) is 1. The smallest absolute Gasteiger partial charge is 0.273 e. The maximum atomic E-state index is 12.3. The first-order valence-electron chi connectivity index (χ1n) is 8.67. The third-order valence-corrected chi connectivity index (χ3v) is 4.72. The van der Waals surface area contributed by atoms with Crippen LogP contribution in [0.3, 0.4) is 0 Å². The number of H-pyrrole nitrogens is 1. The van der Waals surface area contributed by atoms with Gasteiger partial charge in [-0.1, -0.05) is 46.6 Å². The quantitative estimate of drug-likeness (QED) is 0.525. The fourth-order valence-electron chi connectivity index (χ4n) is 2.99. The second-order valence-electron chi connectivity index (χ2n) is 6.45. The highest BCUT2D eigenvalue weighted by Crippen LogP contribution is 2.23. The molecule has 0 unspecified atom stereocenters. The van der Waals surface area contributed by atoms with Crippen molar-refractivity contribution in [2.75, 3.05) is 6.54 Å². The van der Waals surface area contributed by atoms with E-state index < -0.39 is 0 Å². The average molecular weight is 380 g/mol. The number of nitrogens with one attached hydrogen (secondary N) is 2. The third-order valence-electron chi connectivity index (χ3n) is 4.49. The van der Waals surface area contributed by atoms with Crippen LogP contribution in [0.2, 0.25) is 5.02 Å². The van der Waals surface area contributed by atoms with Crippen molar-refractivity contribution in [2.45, 2.75) is 13.3 Å². The number of fused-ring (bicyclic) bond motifs is 1. The predicted octanol–water partition coefficient (Wildman–Crippen LogP) is 4.76. The van der Waals surface area contributed by atoms with Gasteiger partial charge >= 0.3 is 0 Å². The van der Waals surface area contributed by atoms with Gasteiger partial charge in [0, 0.05) is 40.3 Å². The Morgan fingerprint density at radius 3 is 2.81 bits per heavy atom. The first kappa shape index (κ1) is 17.4. The topological polar surface area (TPSA) is 70.9 Å². The minimum atomic E-state index is -0.255. The van der Waals surface area contributed by atoms with Gasteiger partial charge in [-0.25, -0.2) is 0 Å². The standard InChI is InChI=1S/C21H18ClN3O2/c1-13-2-4-14(5-3-13)20-11-19(25-27-20)21(26)23-9-8-15-12-24-18-7-6-16(22)10-17(15)18/h2-7,10-12,24H,8-9H2,1H3,(H,23,26). The lowest BCUT2D eigenvalue weighted by molar-refractivity contribution is 0.0945. The van der Waals surface area contributed by atoms with Crippen LogP contribution in [-0.4, -0.2) is 22.6 Å². The Kier molecular flexibility index (Phi) is 4.69. The molecule has 2 heterocycles. The molecular weight excluding hydrogens is 362 g/mol. The Bertz CT molecular complexity index is 1100. The Labute approximate surface area is 161 Å². The normalized spacial score (nSPS) is 11.0. The van der Waals surface area contributed by atoms with Crippen molar-refractivity contribution < 1.29 is 9.32 Å². The number of hydrogen-bond acceptors (Lipinski definition) is 3. The average Bonchev–Trinajstić information content (AvgIpc) is 3.30. The highest BCUT2D eigenvalue weighted by Gasteiger charge is 2.13. The van der Waals surface area contributed by atoms with E-state index in [4.69, 9.17) is 16.1 Å². The number of halogens is 1. The number of amides is 1. The van der Waals surface area contributed by atoms with Crippen molar-refractivity contribution in [3.8, 4) is 11.3 Å². The van der Waals surface area contributed by atoms with Crippen LogP contribution in [0.4, 0.5) is 0 Å². The number of carbonyl (C=O) groups is 1. The molecule has 27 heavy (non-hydrogen) atoms. The van der Waals surface area contributed by atoms with Gasteiger partial charge in [0.25, 0.3) is 5.91 Å². The molecule has 0 fully saturated rings. The molecule has 136 valence electrons. The molecule has 2 N–H and O–H groups in total. The van der Waals surface area contributed by atoms with Crippen LogP contribution in [0.15, 0.2) is 59.3 Å². The van der Waals surface area contributed by atoms with Gasteiger partial charge < -0.3 is 14.8 Å². The summed E-state index contributed by atoms with van der Waals surface area (Å²) in [6.45, 7) is 2.51. The van der Waals surface area contributed by atoms with Crippen LogP contribution in [0, 0.1) is 6.92 Å². The molecule has 4 aromatic rings. The van der Waals surface area contributed by atoms with Crippen molar-refractivity contribution in [1.29, 1.82) is 0 Å². The zero-order valence-electron chi connectivity index (χ0n) is 14.8. The second-order valence-corrected chi connectivity index (χ2v) is 6.89. The fraction of sp³-hybridized carbons (Fsp3) is 0.143. The largest absolute Gasteiger partial charge is 0.361 e. The lowest BCUT2D eigenvalue weighted by Crippen LogP contribution is -2.25.